The van der Waals surface area contributed by atoms with Gasteiger partial charge >= 0.3 is 0 Å². The van der Waals surface area contributed by atoms with E-state index in [1.807, 2.05) is 6.92 Å². The summed E-state index contributed by atoms with van der Waals surface area (Å²) in [7, 11) is -3.39. The fourth-order valence-corrected chi connectivity index (χ4v) is 3.07. The molecule has 0 aliphatic heterocycles. The van der Waals surface area contributed by atoms with Gasteiger partial charge in [-0.3, -0.25) is 0 Å². The molecule has 0 heterocycles. The zero-order chi connectivity index (χ0) is 9.35. The van der Waals surface area contributed by atoms with E-state index in [4.69, 9.17) is 10.9 Å². The molecule has 0 aromatic rings. The van der Waals surface area contributed by atoms with E-state index in [0.717, 1.165) is 12.8 Å². The SMILES string of the molecule is CC1CCC(N)CC1S(N)(=O)=O. The quantitative estimate of drug-likeness (QED) is 0.602. The normalized spacial score (nSPS) is 38.1. The van der Waals surface area contributed by atoms with Crippen LogP contribution < -0.4 is 10.9 Å². The van der Waals surface area contributed by atoms with Gasteiger partial charge in [-0.2, -0.15) is 0 Å². The summed E-state index contributed by atoms with van der Waals surface area (Å²) >= 11 is 0. The first-order chi connectivity index (χ1) is 5.41. The van der Waals surface area contributed by atoms with Crippen LogP contribution in [-0.2, 0) is 10.0 Å². The Balaban J connectivity index is 2.74. The monoisotopic (exact) mass is 192 g/mol. The molecule has 1 aliphatic carbocycles. The van der Waals surface area contributed by atoms with Gasteiger partial charge in [-0.05, 0) is 25.2 Å². The highest BCUT2D eigenvalue weighted by Crippen LogP contribution is 2.27. The zero-order valence-corrected chi connectivity index (χ0v) is 8.05. The highest BCUT2D eigenvalue weighted by Gasteiger charge is 2.33. The molecule has 3 atom stereocenters. The van der Waals surface area contributed by atoms with E-state index in [9.17, 15) is 8.42 Å². The molecule has 4 nitrogen and oxygen atoms in total. The first-order valence-electron chi connectivity index (χ1n) is 4.18. The van der Waals surface area contributed by atoms with Gasteiger partial charge in [0.1, 0.15) is 0 Å². The maximum absolute atomic E-state index is 11.1. The van der Waals surface area contributed by atoms with Gasteiger partial charge in [-0.1, -0.05) is 6.92 Å². The molecule has 5 heteroatoms. The smallest absolute Gasteiger partial charge is 0.212 e. The average Bonchev–Trinajstić information content (AvgIpc) is 1.92. The molecule has 1 fully saturated rings. The van der Waals surface area contributed by atoms with E-state index in [0.29, 0.717) is 6.42 Å². The van der Waals surface area contributed by atoms with Crippen molar-refractivity contribution in [3.8, 4) is 0 Å². The van der Waals surface area contributed by atoms with E-state index in [-0.39, 0.29) is 12.0 Å². The molecule has 12 heavy (non-hydrogen) atoms. The minimum absolute atomic E-state index is 0.00419. The Kier molecular flexibility index (Phi) is 2.75. The number of sulfonamides is 1. The number of primary sulfonamides is 1. The summed E-state index contributed by atoms with van der Waals surface area (Å²) in [6, 6.07) is 0.00419. The Hall–Kier alpha value is -0.130. The van der Waals surface area contributed by atoms with Crippen molar-refractivity contribution < 1.29 is 8.42 Å². The van der Waals surface area contributed by atoms with Crippen molar-refractivity contribution in [2.45, 2.75) is 37.5 Å². The van der Waals surface area contributed by atoms with Crippen molar-refractivity contribution in [1.29, 1.82) is 0 Å². The third-order valence-corrected chi connectivity index (χ3v) is 4.09. The third kappa shape index (κ3) is 2.18. The van der Waals surface area contributed by atoms with Gasteiger partial charge in [-0.25, -0.2) is 13.6 Å². The van der Waals surface area contributed by atoms with Crippen LogP contribution in [0.5, 0.6) is 0 Å². The van der Waals surface area contributed by atoms with Gasteiger partial charge < -0.3 is 5.73 Å². The van der Waals surface area contributed by atoms with E-state index >= 15 is 0 Å². The lowest BCUT2D eigenvalue weighted by Crippen LogP contribution is -2.43. The Morgan fingerprint density at radius 1 is 1.33 bits per heavy atom. The van der Waals surface area contributed by atoms with Crippen molar-refractivity contribution in [3.05, 3.63) is 0 Å². The minimum atomic E-state index is -3.39. The third-order valence-electron chi connectivity index (χ3n) is 2.58. The molecule has 4 N–H and O–H groups in total. The molecule has 1 aliphatic rings. The predicted octanol–water partition coefficient (Wildman–Crippen LogP) is -0.209. The lowest BCUT2D eigenvalue weighted by molar-refractivity contribution is 0.346. The van der Waals surface area contributed by atoms with Crippen LogP contribution >= 0.6 is 0 Å². The van der Waals surface area contributed by atoms with Crippen molar-refractivity contribution in [3.63, 3.8) is 0 Å². The molecule has 0 aromatic heterocycles. The van der Waals surface area contributed by atoms with E-state index in [1.165, 1.54) is 0 Å². The second kappa shape index (κ2) is 3.32. The summed E-state index contributed by atoms with van der Waals surface area (Å²) in [6.07, 6.45) is 2.29. The Labute approximate surface area is 73.4 Å². The molecule has 0 amide bonds. The van der Waals surface area contributed by atoms with Crippen LogP contribution in [0.15, 0.2) is 0 Å². The number of nitrogens with two attached hydrogens (primary N) is 2. The fourth-order valence-electron chi connectivity index (χ4n) is 1.77. The number of hydrogen-bond donors (Lipinski definition) is 2. The van der Waals surface area contributed by atoms with Crippen LogP contribution in [0.1, 0.15) is 26.2 Å². The first-order valence-corrected chi connectivity index (χ1v) is 5.79. The molecule has 3 unspecified atom stereocenters. The van der Waals surface area contributed by atoms with E-state index in [1.54, 1.807) is 0 Å². The summed E-state index contributed by atoms with van der Waals surface area (Å²) in [4.78, 5) is 0. The van der Waals surface area contributed by atoms with Gasteiger partial charge in [-0.15, -0.1) is 0 Å². The Morgan fingerprint density at radius 3 is 2.33 bits per heavy atom. The lowest BCUT2D eigenvalue weighted by Gasteiger charge is -2.30. The summed E-state index contributed by atoms with van der Waals surface area (Å²) in [5.74, 6) is 0.153. The van der Waals surface area contributed by atoms with E-state index in [2.05, 4.69) is 0 Å². The molecule has 0 spiro atoms. The van der Waals surface area contributed by atoms with E-state index < -0.39 is 15.3 Å². The maximum Gasteiger partial charge on any atom is 0.212 e. The van der Waals surface area contributed by atoms with Crippen molar-refractivity contribution in [1.82, 2.24) is 0 Å². The lowest BCUT2D eigenvalue weighted by atomic mass is 9.87. The highest BCUT2D eigenvalue weighted by molar-refractivity contribution is 7.89. The molecule has 72 valence electrons. The second-order valence-corrected chi connectivity index (χ2v) is 5.46. The van der Waals surface area contributed by atoms with Crippen LogP contribution in [0.3, 0.4) is 0 Å². The summed E-state index contributed by atoms with van der Waals surface area (Å²) < 4.78 is 22.1. The molecule has 0 aromatic carbocycles. The molecular formula is C7H16N2O2S. The molecule has 0 radical (unpaired) electrons. The largest absolute Gasteiger partial charge is 0.328 e. The zero-order valence-electron chi connectivity index (χ0n) is 7.23. The molecule has 1 rings (SSSR count). The van der Waals surface area contributed by atoms with Crippen molar-refractivity contribution in [2.75, 3.05) is 0 Å². The Morgan fingerprint density at radius 2 is 1.92 bits per heavy atom. The van der Waals surface area contributed by atoms with Crippen molar-refractivity contribution >= 4 is 10.0 Å². The summed E-state index contributed by atoms with van der Waals surface area (Å²) in [6.45, 7) is 1.92. The van der Waals surface area contributed by atoms with Crippen LogP contribution in [-0.4, -0.2) is 19.7 Å². The second-order valence-electron chi connectivity index (χ2n) is 3.68. The minimum Gasteiger partial charge on any atom is -0.328 e. The van der Waals surface area contributed by atoms with Gasteiger partial charge in [0, 0.05) is 6.04 Å². The molecule has 0 bridgehead atoms. The van der Waals surface area contributed by atoms with Crippen molar-refractivity contribution in [2.24, 2.45) is 16.8 Å². The van der Waals surface area contributed by atoms with Gasteiger partial charge in [0.25, 0.3) is 0 Å². The summed E-state index contributed by atoms with van der Waals surface area (Å²) in [5.41, 5.74) is 5.66. The Bertz CT molecular complexity index is 250. The fraction of sp³-hybridized carbons (Fsp3) is 1.00. The topological polar surface area (TPSA) is 86.2 Å². The average molecular weight is 192 g/mol. The molecular weight excluding hydrogens is 176 g/mol. The highest BCUT2D eigenvalue weighted by atomic mass is 32.2. The van der Waals surface area contributed by atoms with Gasteiger partial charge in [0.05, 0.1) is 5.25 Å². The van der Waals surface area contributed by atoms with Gasteiger partial charge in [0.2, 0.25) is 10.0 Å². The first kappa shape index (κ1) is 9.95. The van der Waals surface area contributed by atoms with Crippen LogP contribution in [0.2, 0.25) is 0 Å². The van der Waals surface area contributed by atoms with Crippen LogP contribution in [0.4, 0.5) is 0 Å². The standard InChI is InChI=1S/C7H16N2O2S/c1-5-2-3-6(8)4-7(5)12(9,10)11/h5-7H,2-4,8H2,1H3,(H2,9,10,11). The molecule has 0 saturated heterocycles. The summed E-state index contributed by atoms with van der Waals surface area (Å²) in [5, 5.41) is 4.65. The predicted molar refractivity (Wildman–Crippen MR) is 47.9 cm³/mol. The van der Waals surface area contributed by atoms with Crippen LogP contribution in [0, 0.1) is 5.92 Å². The molecule has 1 saturated carbocycles. The maximum atomic E-state index is 11.1. The number of hydrogen-bond acceptors (Lipinski definition) is 3. The van der Waals surface area contributed by atoms with Crippen LogP contribution in [0.25, 0.3) is 0 Å². The van der Waals surface area contributed by atoms with Gasteiger partial charge in [0.15, 0.2) is 0 Å². The number of rotatable bonds is 1.